The van der Waals surface area contributed by atoms with Crippen LogP contribution in [0.3, 0.4) is 0 Å². The minimum atomic E-state index is -3.89. The van der Waals surface area contributed by atoms with Crippen LogP contribution in [0.2, 0.25) is 0 Å². The van der Waals surface area contributed by atoms with Crippen molar-refractivity contribution in [2.45, 2.75) is 25.0 Å². The zero-order valence-electron chi connectivity index (χ0n) is 16.5. The number of para-hydroxylation sites is 1. The first kappa shape index (κ1) is 19.4. The second-order valence-corrected chi connectivity index (χ2v) is 9.82. The average molecular weight is 410 g/mol. The predicted octanol–water partition coefficient (Wildman–Crippen LogP) is 2.85. The van der Waals surface area contributed by atoms with E-state index >= 15 is 0 Å². The van der Waals surface area contributed by atoms with Gasteiger partial charge in [0, 0.05) is 35.5 Å². The van der Waals surface area contributed by atoms with E-state index in [4.69, 9.17) is 0 Å². The maximum Gasteiger partial charge on any atom is 0.268 e. The van der Waals surface area contributed by atoms with Crippen molar-refractivity contribution >= 4 is 27.4 Å². The van der Waals surface area contributed by atoms with Crippen molar-refractivity contribution in [2.75, 3.05) is 18.5 Å². The van der Waals surface area contributed by atoms with Gasteiger partial charge in [-0.15, -0.1) is 0 Å². The van der Waals surface area contributed by atoms with E-state index in [9.17, 15) is 18.0 Å². The number of amides is 1. The molecular formula is C22H22N2O4S. The quantitative estimate of drug-likeness (QED) is 0.728. The van der Waals surface area contributed by atoms with Gasteiger partial charge in [0.2, 0.25) is 10.0 Å². The summed E-state index contributed by atoms with van der Waals surface area (Å²) in [6.07, 6.45) is 1.46. The smallest absolute Gasteiger partial charge is 0.268 e. The molecule has 150 valence electrons. The van der Waals surface area contributed by atoms with E-state index in [2.05, 4.69) is 0 Å². The number of allylic oxidation sites excluding steroid dienone is 1. The third-order valence-corrected chi connectivity index (χ3v) is 7.33. The van der Waals surface area contributed by atoms with Crippen LogP contribution in [0.4, 0.5) is 5.69 Å². The number of carbonyl (C=O) groups excluding carboxylic acids is 2. The Balaban J connectivity index is 1.65. The largest absolute Gasteiger partial charge is 0.347 e. The van der Waals surface area contributed by atoms with Crippen LogP contribution in [0.25, 0.3) is 0 Å². The fourth-order valence-corrected chi connectivity index (χ4v) is 5.63. The number of nitrogens with zero attached hydrogens (tertiary/aromatic N) is 2. The molecule has 0 atom stereocenters. The Morgan fingerprint density at radius 3 is 2.48 bits per heavy atom. The molecule has 29 heavy (non-hydrogen) atoms. The summed E-state index contributed by atoms with van der Waals surface area (Å²) < 4.78 is 25.9. The zero-order chi connectivity index (χ0) is 21.0. The van der Waals surface area contributed by atoms with Gasteiger partial charge in [-0.25, -0.2) is 12.7 Å². The van der Waals surface area contributed by atoms with E-state index in [1.54, 1.807) is 24.3 Å². The SMILES string of the molecule is CN1/C(=C\C(=O)CN2C(=O)c3ccccc3CS2(=O)=O)C(C)(C)c2ccccc21. The van der Waals surface area contributed by atoms with Gasteiger partial charge >= 0.3 is 0 Å². The maximum absolute atomic E-state index is 12.8. The molecule has 0 aliphatic carbocycles. The highest BCUT2D eigenvalue weighted by Gasteiger charge is 2.40. The zero-order valence-corrected chi connectivity index (χ0v) is 17.4. The van der Waals surface area contributed by atoms with Crippen LogP contribution in [-0.4, -0.2) is 38.0 Å². The first-order valence-corrected chi connectivity index (χ1v) is 10.9. The van der Waals surface area contributed by atoms with Gasteiger partial charge in [-0.2, -0.15) is 0 Å². The number of sulfonamides is 1. The normalized spacial score (nSPS) is 20.5. The number of rotatable bonds is 3. The number of ketones is 1. The van der Waals surface area contributed by atoms with Gasteiger partial charge in [0.25, 0.3) is 5.91 Å². The molecule has 1 amide bonds. The van der Waals surface area contributed by atoms with Crippen LogP contribution in [0.1, 0.15) is 35.3 Å². The molecule has 0 spiro atoms. The van der Waals surface area contributed by atoms with E-state index in [0.29, 0.717) is 15.4 Å². The van der Waals surface area contributed by atoms with Crippen molar-refractivity contribution < 1.29 is 18.0 Å². The van der Waals surface area contributed by atoms with Gasteiger partial charge in [0.15, 0.2) is 5.78 Å². The molecule has 2 aromatic carbocycles. The Bertz CT molecular complexity index is 1160. The number of benzene rings is 2. The Kier molecular flexibility index (Phi) is 4.38. The van der Waals surface area contributed by atoms with Crippen LogP contribution >= 0.6 is 0 Å². The lowest BCUT2D eigenvalue weighted by molar-refractivity contribution is -0.114. The van der Waals surface area contributed by atoms with Crippen molar-refractivity contribution in [2.24, 2.45) is 0 Å². The molecule has 0 radical (unpaired) electrons. The first-order chi connectivity index (χ1) is 13.6. The molecule has 6 nitrogen and oxygen atoms in total. The molecule has 0 fully saturated rings. The molecule has 0 N–H and O–H groups in total. The summed E-state index contributed by atoms with van der Waals surface area (Å²) in [6, 6.07) is 14.5. The fraction of sp³-hybridized carbons (Fsp3) is 0.273. The lowest BCUT2D eigenvalue weighted by atomic mass is 9.83. The molecule has 0 aromatic heterocycles. The summed E-state index contributed by atoms with van der Waals surface area (Å²) in [5, 5.41) is 0. The molecular weight excluding hydrogens is 388 g/mol. The first-order valence-electron chi connectivity index (χ1n) is 9.34. The topological polar surface area (TPSA) is 74.8 Å². The van der Waals surface area contributed by atoms with Crippen molar-refractivity contribution in [3.8, 4) is 0 Å². The number of hydrogen-bond acceptors (Lipinski definition) is 5. The van der Waals surface area contributed by atoms with Crippen LogP contribution in [-0.2, 0) is 26.0 Å². The molecule has 2 heterocycles. The second-order valence-electron chi connectivity index (χ2n) is 7.92. The van der Waals surface area contributed by atoms with Gasteiger partial charge in [-0.05, 0) is 23.3 Å². The third-order valence-electron chi connectivity index (χ3n) is 5.69. The molecule has 0 bridgehead atoms. The van der Waals surface area contributed by atoms with Crippen molar-refractivity contribution in [1.29, 1.82) is 0 Å². The summed E-state index contributed by atoms with van der Waals surface area (Å²) in [7, 11) is -2.01. The van der Waals surface area contributed by atoms with E-state index in [1.165, 1.54) is 6.08 Å². The van der Waals surface area contributed by atoms with Crippen molar-refractivity contribution in [3.63, 3.8) is 0 Å². The number of anilines is 1. The molecule has 7 heteroatoms. The highest BCUT2D eigenvalue weighted by atomic mass is 32.2. The summed E-state index contributed by atoms with van der Waals surface area (Å²) in [6.45, 7) is 3.54. The van der Waals surface area contributed by atoms with Crippen LogP contribution < -0.4 is 4.90 Å². The lowest BCUT2D eigenvalue weighted by Crippen LogP contribution is -2.44. The van der Waals surface area contributed by atoms with Crippen molar-refractivity contribution in [3.05, 3.63) is 77.0 Å². The standard InChI is InChI=1S/C22H22N2O4S/c1-22(2)18-10-6-7-11-19(18)23(3)20(22)12-16(25)13-24-21(26)17-9-5-4-8-15(17)14-29(24,27)28/h4-12H,13-14H2,1-3H3/b20-12-. The monoisotopic (exact) mass is 410 g/mol. The van der Waals surface area contributed by atoms with Crippen molar-refractivity contribution in [1.82, 2.24) is 4.31 Å². The maximum atomic E-state index is 12.8. The Hall–Kier alpha value is -2.93. The summed E-state index contributed by atoms with van der Waals surface area (Å²) in [5.74, 6) is -1.36. The molecule has 2 aliphatic heterocycles. The molecule has 0 saturated heterocycles. The van der Waals surface area contributed by atoms with Crippen LogP contribution in [0.5, 0.6) is 0 Å². The molecule has 0 unspecified atom stereocenters. The Morgan fingerprint density at radius 2 is 1.76 bits per heavy atom. The highest BCUT2D eigenvalue weighted by Crippen LogP contribution is 2.46. The van der Waals surface area contributed by atoms with E-state index < -0.39 is 33.7 Å². The third kappa shape index (κ3) is 3.06. The van der Waals surface area contributed by atoms with Gasteiger partial charge < -0.3 is 4.90 Å². The number of fused-ring (bicyclic) bond motifs is 2. The number of hydrogen-bond donors (Lipinski definition) is 0. The summed E-state index contributed by atoms with van der Waals surface area (Å²) >= 11 is 0. The van der Waals surface area contributed by atoms with Crippen LogP contribution in [0, 0.1) is 0 Å². The molecule has 4 rings (SSSR count). The Morgan fingerprint density at radius 1 is 1.10 bits per heavy atom. The second kappa shape index (κ2) is 6.56. The predicted molar refractivity (Wildman–Crippen MR) is 111 cm³/mol. The average Bonchev–Trinajstić information content (AvgIpc) is 2.86. The van der Waals surface area contributed by atoms with E-state index in [-0.39, 0.29) is 5.75 Å². The molecule has 2 aliphatic rings. The van der Waals surface area contributed by atoms with E-state index in [0.717, 1.165) is 16.9 Å². The van der Waals surface area contributed by atoms with Gasteiger partial charge in [-0.3, -0.25) is 9.59 Å². The van der Waals surface area contributed by atoms with Gasteiger partial charge in [0.05, 0.1) is 12.3 Å². The fourth-order valence-electron chi connectivity index (χ4n) is 4.16. The number of carbonyl (C=O) groups is 2. The van der Waals surface area contributed by atoms with E-state index in [1.807, 2.05) is 50.1 Å². The molecule has 2 aromatic rings. The summed E-state index contributed by atoms with van der Waals surface area (Å²) in [5.41, 5.74) is 3.26. The minimum Gasteiger partial charge on any atom is -0.347 e. The van der Waals surface area contributed by atoms with Gasteiger partial charge in [-0.1, -0.05) is 50.2 Å². The van der Waals surface area contributed by atoms with Crippen LogP contribution in [0.15, 0.2) is 60.3 Å². The Labute approximate surface area is 170 Å². The minimum absolute atomic E-state index is 0.282. The lowest BCUT2D eigenvalue weighted by Gasteiger charge is -2.28. The molecule has 0 saturated carbocycles. The van der Waals surface area contributed by atoms with Gasteiger partial charge in [0.1, 0.15) is 0 Å². The highest BCUT2D eigenvalue weighted by molar-refractivity contribution is 7.89. The summed E-state index contributed by atoms with van der Waals surface area (Å²) in [4.78, 5) is 27.5. The number of likely N-dealkylation sites (N-methyl/N-ethyl adjacent to an activating group) is 1.